The topological polar surface area (TPSA) is 49.8 Å². The molecule has 1 amide bonds. The highest BCUT2D eigenvalue weighted by Crippen LogP contribution is 2.28. The Balaban J connectivity index is 1.84. The average Bonchev–Trinajstić information content (AvgIpc) is 2.40. The largest absolute Gasteiger partial charge is 0.445 e. The van der Waals surface area contributed by atoms with Crippen molar-refractivity contribution >= 4 is 6.09 Å². The lowest BCUT2D eigenvalue weighted by atomic mass is 10.0. The van der Waals surface area contributed by atoms with Gasteiger partial charge in [-0.2, -0.15) is 0 Å². The average molecular weight is 271 g/mol. The highest BCUT2D eigenvalue weighted by atomic mass is 19.3. The molecule has 6 heteroatoms. The van der Waals surface area contributed by atoms with Gasteiger partial charge in [0.15, 0.2) is 0 Å². The number of aliphatic hydroxyl groups is 1. The maximum absolute atomic E-state index is 13.1. The molecule has 1 fully saturated rings. The molecule has 19 heavy (non-hydrogen) atoms. The van der Waals surface area contributed by atoms with Crippen molar-refractivity contribution < 1.29 is 23.4 Å². The van der Waals surface area contributed by atoms with E-state index in [2.05, 4.69) is 0 Å². The summed E-state index contributed by atoms with van der Waals surface area (Å²) in [6.07, 6.45) is -3.06. The van der Waals surface area contributed by atoms with Gasteiger partial charge in [-0.25, -0.2) is 13.6 Å². The Morgan fingerprint density at radius 2 is 2.11 bits per heavy atom. The van der Waals surface area contributed by atoms with Gasteiger partial charge >= 0.3 is 6.09 Å². The van der Waals surface area contributed by atoms with Crippen molar-refractivity contribution in [2.45, 2.75) is 25.1 Å². The minimum Gasteiger partial charge on any atom is -0.445 e. The zero-order valence-electron chi connectivity index (χ0n) is 10.3. The predicted octanol–water partition coefficient (Wildman–Crippen LogP) is 2.03. The molecule has 1 atom stereocenters. The summed E-state index contributed by atoms with van der Waals surface area (Å²) in [6.45, 7) is -0.430. The summed E-state index contributed by atoms with van der Waals surface area (Å²) in [7, 11) is 0. The quantitative estimate of drug-likeness (QED) is 0.895. The molecule has 0 unspecified atom stereocenters. The van der Waals surface area contributed by atoms with Crippen LogP contribution in [-0.4, -0.2) is 41.2 Å². The Morgan fingerprint density at radius 3 is 2.74 bits per heavy atom. The number of hydrogen-bond acceptors (Lipinski definition) is 3. The van der Waals surface area contributed by atoms with E-state index >= 15 is 0 Å². The molecule has 1 heterocycles. The second-order valence-electron chi connectivity index (χ2n) is 4.51. The van der Waals surface area contributed by atoms with Crippen LogP contribution in [0.1, 0.15) is 12.0 Å². The molecule has 1 aliphatic heterocycles. The summed E-state index contributed by atoms with van der Waals surface area (Å²) >= 11 is 0. The standard InChI is InChI=1S/C13H15F2NO3/c14-13(15)6-7-16(8-11(13)17)12(18)19-9-10-4-2-1-3-5-10/h1-5,11,17H,6-9H2/t11-/m1/s1. The highest BCUT2D eigenvalue weighted by Gasteiger charge is 2.44. The van der Waals surface area contributed by atoms with E-state index in [9.17, 15) is 18.7 Å². The molecule has 1 saturated heterocycles. The summed E-state index contributed by atoms with van der Waals surface area (Å²) in [5, 5.41) is 9.24. The number of piperidine rings is 1. The summed E-state index contributed by atoms with van der Waals surface area (Å²) in [5.41, 5.74) is 0.818. The van der Waals surface area contributed by atoms with E-state index in [1.807, 2.05) is 18.2 Å². The first kappa shape index (κ1) is 13.7. The molecule has 2 rings (SSSR count). The Labute approximate surface area is 109 Å². The van der Waals surface area contributed by atoms with Gasteiger partial charge in [-0.1, -0.05) is 30.3 Å². The molecule has 1 N–H and O–H groups in total. The number of β-amino-alcohol motifs (C(OH)–C–C–N with tert-alkyl or cyclic N) is 1. The minimum absolute atomic E-state index is 0.0860. The monoisotopic (exact) mass is 271 g/mol. The van der Waals surface area contributed by atoms with Crippen molar-refractivity contribution in [3.8, 4) is 0 Å². The normalized spacial score (nSPS) is 22.1. The van der Waals surface area contributed by atoms with Crippen LogP contribution >= 0.6 is 0 Å². The number of halogens is 2. The number of hydrogen-bond donors (Lipinski definition) is 1. The van der Waals surface area contributed by atoms with Gasteiger partial charge in [0.05, 0.1) is 6.54 Å². The van der Waals surface area contributed by atoms with Crippen LogP contribution in [0, 0.1) is 0 Å². The number of nitrogens with zero attached hydrogens (tertiary/aromatic N) is 1. The Kier molecular flexibility index (Phi) is 3.99. The van der Waals surface area contributed by atoms with Gasteiger partial charge in [0.1, 0.15) is 12.7 Å². The molecule has 0 bridgehead atoms. The lowest BCUT2D eigenvalue weighted by molar-refractivity contribution is -0.143. The van der Waals surface area contributed by atoms with Crippen LogP contribution in [0.4, 0.5) is 13.6 Å². The third-order valence-corrected chi connectivity index (χ3v) is 3.06. The Bertz CT molecular complexity index is 439. The number of ether oxygens (including phenoxy) is 1. The van der Waals surface area contributed by atoms with Gasteiger partial charge in [-0.05, 0) is 5.56 Å². The number of rotatable bonds is 2. The lowest BCUT2D eigenvalue weighted by Gasteiger charge is -2.34. The summed E-state index contributed by atoms with van der Waals surface area (Å²) in [4.78, 5) is 12.8. The molecule has 1 aromatic rings. The third kappa shape index (κ3) is 3.41. The summed E-state index contributed by atoms with van der Waals surface area (Å²) in [6, 6.07) is 9.07. The lowest BCUT2D eigenvalue weighted by Crippen LogP contribution is -2.52. The fourth-order valence-electron chi connectivity index (χ4n) is 1.86. The number of likely N-dealkylation sites (tertiary alicyclic amines) is 1. The molecular weight excluding hydrogens is 256 g/mol. The van der Waals surface area contributed by atoms with Gasteiger partial charge in [0.2, 0.25) is 0 Å². The molecular formula is C13H15F2NO3. The van der Waals surface area contributed by atoms with Crippen molar-refractivity contribution in [2.24, 2.45) is 0 Å². The predicted molar refractivity (Wildman–Crippen MR) is 63.8 cm³/mol. The molecule has 1 aliphatic rings. The zero-order chi connectivity index (χ0) is 13.9. The van der Waals surface area contributed by atoms with Crippen LogP contribution in [0.5, 0.6) is 0 Å². The fraction of sp³-hybridized carbons (Fsp3) is 0.462. The molecule has 0 aliphatic carbocycles. The maximum atomic E-state index is 13.1. The van der Waals surface area contributed by atoms with Crippen LogP contribution in [-0.2, 0) is 11.3 Å². The first-order chi connectivity index (χ1) is 8.99. The smallest absolute Gasteiger partial charge is 0.410 e. The van der Waals surface area contributed by atoms with E-state index < -0.39 is 31.1 Å². The number of amides is 1. The molecule has 1 aromatic carbocycles. The van der Waals surface area contributed by atoms with E-state index in [1.165, 1.54) is 0 Å². The zero-order valence-corrected chi connectivity index (χ0v) is 10.3. The Morgan fingerprint density at radius 1 is 1.42 bits per heavy atom. The second-order valence-corrected chi connectivity index (χ2v) is 4.51. The van der Waals surface area contributed by atoms with Crippen molar-refractivity contribution in [3.05, 3.63) is 35.9 Å². The van der Waals surface area contributed by atoms with Gasteiger partial charge in [0.25, 0.3) is 5.92 Å². The van der Waals surface area contributed by atoms with E-state index in [-0.39, 0.29) is 13.2 Å². The van der Waals surface area contributed by atoms with E-state index in [0.717, 1.165) is 10.5 Å². The highest BCUT2D eigenvalue weighted by molar-refractivity contribution is 5.67. The Hall–Kier alpha value is -1.69. The summed E-state index contributed by atoms with van der Waals surface area (Å²) < 4.78 is 31.1. The first-order valence-corrected chi connectivity index (χ1v) is 6.00. The molecule has 4 nitrogen and oxygen atoms in total. The molecule has 0 saturated carbocycles. The number of carbonyl (C=O) groups excluding carboxylic acids is 1. The molecule has 0 aromatic heterocycles. The van der Waals surface area contributed by atoms with E-state index in [4.69, 9.17) is 4.74 Å². The van der Waals surface area contributed by atoms with Crippen LogP contribution in [0.25, 0.3) is 0 Å². The number of aliphatic hydroxyl groups excluding tert-OH is 1. The van der Waals surface area contributed by atoms with Crippen molar-refractivity contribution in [1.82, 2.24) is 4.90 Å². The molecule has 0 spiro atoms. The third-order valence-electron chi connectivity index (χ3n) is 3.06. The fourth-order valence-corrected chi connectivity index (χ4v) is 1.86. The number of alkyl halides is 2. The van der Waals surface area contributed by atoms with Crippen LogP contribution in [0.2, 0.25) is 0 Å². The van der Waals surface area contributed by atoms with E-state index in [0.29, 0.717) is 0 Å². The van der Waals surface area contributed by atoms with Crippen LogP contribution < -0.4 is 0 Å². The van der Waals surface area contributed by atoms with Crippen molar-refractivity contribution in [3.63, 3.8) is 0 Å². The number of benzene rings is 1. The van der Waals surface area contributed by atoms with Gasteiger partial charge in [-0.3, -0.25) is 0 Å². The SMILES string of the molecule is O=C(OCc1ccccc1)N1CCC(F)(F)[C@H](O)C1. The van der Waals surface area contributed by atoms with Gasteiger partial charge in [0, 0.05) is 13.0 Å². The molecule has 0 radical (unpaired) electrons. The minimum atomic E-state index is -3.13. The van der Waals surface area contributed by atoms with Gasteiger partial charge in [-0.15, -0.1) is 0 Å². The first-order valence-electron chi connectivity index (χ1n) is 6.00. The summed E-state index contributed by atoms with van der Waals surface area (Å²) in [5.74, 6) is -3.13. The van der Waals surface area contributed by atoms with Crippen LogP contribution in [0.3, 0.4) is 0 Å². The van der Waals surface area contributed by atoms with Crippen molar-refractivity contribution in [2.75, 3.05) is 13.1 Å². The second kappa shape index (κ2) is 5.52. The maximum Gasteiger partial charge on any atom is 0.410 e. The van der Waals surface area contributed by atoms with Crippen molar-refractivity contribution in [1.29, 1.82) is 0 Å². The van der Waals surface area contributed by atoms with Gasteiger partial charge < -0.3 is 14.7 Å². The van der Waals surface area contributed by atoms with E-state index in [1.54, 1.807) is 12.1 Å². The molecule has 104 valence electrons. The number of carbonyl (C=O) groups is 1. The van der Waals surface area contributed by atoms with Crippen LogP contribution in [0.15, 0.2) is 30.3 Å².